The van der Waals surface area contributed by atoms with Crippen LogP contribution in [0.2, 0.25) is 0 Å². The number of unbranched alkanes of at least 4 members (excludes halogenated alkanes) is 1. The van der Waals surface area contributed by atoms with Crippen LogP contribution >= 0.6 is 0 Å². The van der Waals surface area contributed by atoms with Crippen LogP contribution < -0.4 is 5.32 Å². The Balaban J connectivity index is 3.22. The van der Waals surface area contributed by atoms with Crippen LogP contribution in [-0.4, -0.2) is 109 Å². The van der Waals surface area contributed by atoms with Crippen molar-refractivity contribution in [3.63, 3.8) is 0 Å². The maximum absolute atomic E-state index is 11.7. The minimum Gasteiger partial charge on any atom is -0.481 e. The van der Waals surface area contributed by atoms with Crippen molar-refractivity contribution >= 4 is 17.7 Å². The second-order valence-electron chi connectivity index (χ2n) is 7.62. The average Bonchev–Trinajstić information content (AvgIpc) is 2.85. The van der Waals surface area contributed by atoms with Crippen molar-refractivity contribution in [2.45, 2.75) is 44.9 Å². The molecule has 0 fully saturated rings. The smallest absolute Gasteiger partial charge is 0.305 e. The zero-order valence-corrected chi connectivity index (χ0v) is 21.3. The third-order valence-electron chi connectivity index (χ3n) is 4.51. The second kappa shape index (κ2) is 27.5. The number of carbonyl (C=O) groups is 3. The Kier molecular flexibility index (Phi) is 25.9. The Morgan fingerprint density at radius 2 is 1.08 bits per heavy atom. The minimum absolute atomic E-state index is 0.0202. The molecule has 0 aliphatic rings. The van der Waals surface area contributed by atoms with Crippen LogP contribution in [0.15, 0.2) is 0 Å². The first kappa shape index (κ1) is 33.9. The standard InChI is InChI=1S/C25H43NO10/c1-2-3-4-6-23(27)7-5-11-31-15-19-35-20-16-32-12-8-24(28)26-10-14-34-18-22-36-21-17-33-13-9-25(29)30/h1H,3-22H2,(H,26,28)(H,29,30). The average molecular weight is 518 g/mol. The van der Waals surface area contributed by atoms with Crippen molar-refractivity contribution in [2.24, 2.45) is 0 Å². The van der Waals surface area contributed by atoms with E-state index in [0.717, 1.165) is 6.42 Å². The number of hydrogen-bond donors (Lipinski definition) is 2. The van der Waals surface area contributed by atoms with E-state index < -0.39 is 5.97 Å². The van der Waals surface area contributed by atoms with Crippen LogP contribution in [0.5, 0.6) is 0 Å². The molecule has 0 saturated carbocycles. The summed E-state index contributed by atoms with van der Waals surface area (Å²) in [5, 5.41) is 11.2. The molecule has 0 aromatic rings. The maximum atomic E-state index is 11.7. The zero-order chi connectivity index (χ0) is 26.5. The number of rotatable bonds is 28. The number of terminal acetylenes is 1. The molecule has 0 saturated heterocycles. The van der Waals surface area contributed by atoms with E-state index in [1.54, 1.807) is 0 Å². The third kappa shape index (κ3) is 28.2. The maximum Gasteiger partial charge on any atom is 0.305 e. The Bertz CT molecular complexity index is 594. The molecule has 0 heterocycles. The summed E-state index contributed by atoms with van der Waals surface area (Å²) in [4.78, 5) is 33.6. The number of ether oxygens (including phenoxy) is 6. The van der Waals surface area contributed by atoms with E-state index in [4.69, 9.17) is 40.0 Å². The minimum atomic E-state index is -0.890. The van der Waals surface area contributed by atoms with Gasteiger partial charge in [-0.15, -0.1) is 12.3 Å². The molecule has 0 unspecified atom stereocenters. The predicted molar refractivity (Wildman–Crippen MR) is 132 cm³/mol. The van der Waals surface area contributed by atoms with Crippen molar-refractivity contribution in [1.29, 1.82) is 0 Å². The van der Waals surface area contributed by atoms with Gasteiger partial charge in [-0.2, -0.15) is 0 Å². The monoisotopic (exact) mass is 517 g/mol. The molecule has 208 valence electrons. The summed E-state index contributed by atoms with van der Waals surface area (Å²) in [6.45, 7) is 5.02. The number of carboxylic acid groups (broad SMARTS) is 1. The summed E-state index contributed by atoms with van der Waals surface area (Å²) in [5.74, 6) is 1.75. The highest BCUT2D eigenvalue weighted by atomic mass is 16.5. The highest BCUT2D eigenvalue weighted by Crippen LogP contribution is 2.01. The van der Waals surface area contributed by atoms with Crippen molar-refractivity contribution in [3.05, 3.63) is 0 Å². The SMILES string of the molecule is C#CCCCC(=O)CCCOCCOCCOCCC(=O)NCCOCCOCCOCCC(=O)O. The van der Waals surface area contributed by atoms with E-state index in [1.807, 2.05) is 0 Å². The molecule has 0 aliphatic carbocycles. The Hall–Kier alpha value is -2.07. The van der Waals surface area contributed by atoms with Crippen LogP contribution in [0.25, 0.3) is 0 Å². The first-order chi connectivity index (χ1) is 17.6. The van der Waals surface area contributed by atoms with E-state index in [1.165, 1.54) is 0 Å². The molecule has 0 aromatic carbocycles. The fraction of sp³-hybridized carbons (Fsp3) is 0.800. The van der Waals surface area contributed by atoms with Gasteiger partial charge in [0.1, 0.15) is 5.78 Å². The first-order valence-electron chi connectivity index (χ1n) is 12.5. The molecule has 0 aliphatic heterocycles. The number of ketones is 1. The lowest BCUT2D eigenvalue weighted by atomic mass is 10.1. The normalized spacial score (nSPS) is 10.8. The molecular weight excluding hydrogens is 474 g/mol. The topological polar surface area (TPSA) is 139 Å². The van der Waals surface area contributed by atoms with Crippen LogP contribution in [0.4, 0.5) is 0 Å². The number of aliphatic carboxylic acids is 1. The quantitative estimate of drug-likeness (QED) is 0.115. The van der Waals surface area contributed by atoms with Gasteiger partial charge in [0, 0.05) is 38.8 Å². The summed E-state index contributed by atoms with van der Waals surface area (Å²) in [6, 6.07) is 0. The second-order valence-corrected chi connectivity index (χ2v) is 7.62. The summed E-state index contributed by atoms with van der Waals surface area (Å²) < 4.78 is 31.9. The van der Waals surface area contributed by atoms with Crippen LogP contribution in [0.1, 0.15) is 44.9 Å². The first-order valence-corrected chi connectivity index (χ1v) is 12.5. The Morgan fingerprint density at radius 3 is 1.64 bits per heavy atom. The van der Waals surface area contributed by atoms with E-state index in [2.05, 4.69) is 11.2 Å². The molecule has 0 spiro atoms. The van der Waals surface area contributed by atoms with E-state index >= 15 is 0 Å². The van der Waals surface area contributed by atoms with Crippen molar-refractivity contribution < 1.29 is 47.9 Å². The van der Waals surface area contributed by atoms with Gasteiger partial charge in [-0.25, -0.2) is 0 Å². The van der Waals surface area contributed by atoms with Crippen molar-refractivity contribution in [3.8, 4) is 12.3 Å². The molecule has 0 bridgehead atoms. The van der Waals surface area contributed by atoms with Gasteiger partial charge in [0.2, 0.25) is 5.91 Å². The van der Waals surface area contributed by atoms with Gasteiger partial charge >= 0.3 is 5.97 Å². The molecule has 0 radical (unpaired) electrons. The van der Waals surface area contributed by atoms with Gasteiger partial charge in [0.25, 0.3) is 0 Å². The largest absolute Gasteiger partial charge is 0.481 e. The molecule has 36 heavy (non-hydrogen) atoms. The lowest BCUT2D eigenvalue weighted by Crippen LogP contribution is -2.28. The molecule has 2 N–H and O–H groups in total. The van der Waals surface area contributed by atoms with Crippen molar-refractivity contribution in [2.75, 3.05) is 85.8 Å². The number of nitrogens with one attached hydrogen (secondary N) is 1. The zero-order valence-electron chi connectivity index (χ0n) is 21.3. The van der Waals surface area contributed by atoms with Crippen molar-refractivity contribution in [1.82, 2.24) is 5.32 Å². The Morgan fingerprint density at radius 1 is 0.611 bits per heavy atom. The molecule has 11 nitrogen and oxygen atoms in total. The van der Waals surface area contributed by atoms with Gasteiger partial charge in [0.15, 0.2) is 0 Å². The molecule has 11 heteroatoms. The number of carbonyl (C=O) groups excluding carboxylic acids is 2. The molecule has 0 atom stereocenters. The van der Waals surface area contributed by atoms with E-state index in [-0.39, 0.29) is 31.1 Å². The van der Waals surface area contributed by atoms with Gasteiger partial charge in [-0.05, 0) is 12.8 Å². The summed E-state index contributed by atoms with van der Waals surface area (Å²) in [6.07, 6.45) is 8.55. The van der Waals surface area contributed by atoms with Gasteiger partial charge in [0.05, 0.1) is 79.1 Å². The number of carboxylic acids is 1. The van der Waals surface area contributed by atoms with Gasteiger partial charge < -0.3 is 38.8 Å². The fourth-order valence-electron chi connectivity index (χ4n) is 2.64. The van der Waals surface area contributed by atoms with E-state index in [9.17, 15) is 14.4 Å². The van der Waals surface area contributed by atoms with Crippen LogP contribution in [0, 0.1) is 12.3 Å². The van der Waals surface area contributed by atoms with Crippen LogP contribution in [-0.2, 0) is 42.8 Å². The number of hydrogen-bond acceptors (Lipinski definition) is 9. The third-order valence-corrected chi connectivity index (χ3v) is 4.51. The Labute approximate surface area is 214 Å². The van der Waals surface area contributed by atoms with Gasteiger partial charge in [-0.3, -0.25) is 14.4 Å². The molecule has 0 rings (SSSR count). The molecular formula is C25H43NO10. The highest BCUT2D eigenvalue weighted by molar-refractivity contribution is 5.78. The summed E-state index contributed by atoms with van der Waals surface area (Å²) in [5.41, 5.74) is 0. The number of amides is 1. The fourth-order valence-corrected chi connectivity index (χ4v) is 2.64. The highest BCUT2D eigenvalue weighted by Gasteiger charge is 2.02. The lowest BCUT2D eigenvalue weighted by molar-refractivity contribution is -0.138. The van der Waals surface area contributed by atoms with E-state index in [0.29, 0.717) is 105 Å². The summed E-state index contributed by atoms with van der Waals surface area (Å²) >= 11 is 0. The lowest BCUT2D eigenvalue weighted by Gasteiger charge is -2.08. The number of Topliss-reactive ketones (excluding diaryl/α,β-unsaturated/α-hetero) is 1. The van der Waals surface area contributed by atoms with Crippen LogP contribution in [0.3, 0.4) is 0 Å². The summed E-state index contributed by atoms with van der Waals surface area (Å²) in [7, 11) is 0. The predicted octanol–water partition coefficient (Wildman–Crippen LogP) is 1.22. The molecule has 0 aromatic heterocycles. The van der Waals surface area contributed by atoms with Gasteiger partial charge in [-0.1, -0.05) is 0 Å². The molecule has 1 amide bonds.